The molecular weight excluding hydrogens is 454 g/mol. The van der Waals surface area contributed by atoms with Crippen LogP contribution < -0.4 is 9.47 Å². The fourth-order valence-corrected chi connectivity index (χ4v) is 3.83. The van der Waals surface area contributed by atoms with Crippen LogP contribution in [0, 0.1) is 0 Å². The van der Waals surface area contributed by atoms with Crippen LogP contribution in [0.25, 0.3) is 6.08 Å². The van der Waals surface area contributed by atoms with E-state index in [1.807, 2.05) is 19.1 Å². The molecule has 3 rings (SSSR count). The van der Waals surface area contributed by atoms with E-state index < -0.39 is 23.7 Å². The van der Waals surface area contributed by atoms with Crippen molar-refractivity contribution in [2.45, 2.75) is 20.5 Å². The van der Waals surface area contributed by atoms with E-state index in [2.05, 4.69) is 0 Å². The Hall–Kier alpha value is -2.97. The average molecular weight is 476 g/mol. The Bertz CT molecular complexity index is 1040. The largest absolute Gasteiger partial charge is 0.490 e. The van der Waals surface area contributed by atoms with Crippen LogP contribution in [-0.4, -0.2) is 41.8 Å². The molecule has 0 bridgehead atoms. The smallest absolute Gasteiger partial charge is 0.326 e. The van der Waals surface area contributed by atoms with Crippen LogP contribution in [0.3, 0.4) is 0 Å². The second kappa shape index (κ2) is 11.1. The molecule has 0 atom stereocenters. The van der Waals surface area contributed by atoms with Gasteiger partial charge in [0.2, 0.25) is 0 Å². The predicted molar refractivity (Wildman–Crippen MR) is 123 cm³/mol. The third kappa shape index (κ3) is 6.05. The molecule has 32 heavy (non-hydrogen) atoms. The maximum Gasteiger partial charge on any atom is 0.326 e. The topological polar surface area (TPSA) is 82.1 Å². The molecule has 9 heteroatoms. The van der Waals surface area contributed by atoms with Crippen molar-refractivity contribution in [2.75, 3.05) is 19.8 Å². The minimum Gasteiger partial charge on any atom is -0.490 e. The summed E-state index contributed by atoms with van der Waals surface area (Å²) in [7, 11) is 0. The molecule has 2 amide bonds. The van der Waals surface area contributed by atoms with Gasteiger partial charge in [-0.2, -0.15) is 0 Å². The molecule has 168 valence electrons. The highest BCUT2D eigenvalue weighted by Crippen LogP contribution is 2.35. The van der Waals surface area contributed by atoms with Crippen LogP contribution in [0.1, 0.15) is 25.0 Å². The second-order valence-corrected chi connectivity index (χ2v) is 8.06. The molecule has 0 N–H and O–H groups in total. The monoisotopic (exact) mass is 475 g/mol. The van der Waals surface area contributed by atoms with Crippen LogP contribution in [0.4, 0.5) is 4.79 Å². The summed E-state index contributed by atoms with van der Waals surface area (Å²) < 4.78 is 16.4. The Labute approximate surface area is 195 Å². The number of carbonyl (C=O) groups excluding carboxylic acids is 3. The third-order valence-electron chi connectivity index (χ3n) is 4.34. The lowest BCUT2D eigenvalue weighted by molar-refractivity contribution is -0.145. The number of esters is 1. The van der Waals surface area contributed by atoms with Crippen LogP contribution >= 0.6 is 23.4 Å². The lowest BCUT2D eigenvalue weighted by atomic mass is 10.1. The Balaban J connectivity index is 1.75. The van der Waals surface area contributed by atoms with Crippen molar-refractivity contribution < 1.29 is 28.6 Å². The van der Waals surface area contributed by atoms with Gasteiger partial charge in [0.15, 0.2) is 11.5 Å². The molecular formula is C23H22ClNO6S. The summed E-state index contributed by atoms with van der Waals surface area (Å²) >= 11 is 6.69. The predicted octanol–water partition coefficient (Wildman–Crippen LogP) is 4.92. The van der Waals surface area contributed by atoms with Crippen molar-refractivity contribution in [1.82, 2.24) is 4.90 Å². The molecule has 2 aromatic rings. The molecule has 1 fully saturated rings. The molecule has 1 aliphatic rings. The highest BCUT2D eigenvalue weighted by atomic mass is 35.5. The van der Waals surface area contributed by atoms with E-state index in [9.17, 15) is 14.4 Å². The molecule has 1 saturated heterocycles. The minimum atomic E-state index is -0.628. The number of amides is 2. The number of carbonyl (C=O) groups is 3. The Morgan fingerprint density at radius 3 is 2.47 bits per heavy atom. The van der Waals surface area contributed by atoms with Gasteiger partial charge in [-0.15, -0.1) is 0 Å². The van der Waals surface area contributed by atoms with Crippen LogP contribution in [0.2, 0.25) is 5.02 Å². The lowest BCUT2D eigenvalue weighted by Crippen LogP contribution is -2.34. The first-order chi connectivity index (χ1) is 15.4. The number of benzene rings is 2. The van der Waals surface area contributed by atoms with E-state index in [4.69, 9.17) is 25.8 Å². The molecule has 0 aliphatic carbocycles. The molecule has 0 saturated carbocycles. The normalized spacial score (nSPS) is 14.7. The van der Waals surface area contributed by atoms with Gasteiger partial charge in [-0.3, -0.25) is 19.3 Å². The van der Waals surface area contributed by atoms with Crippen molar-refractivity contribution in [2.24, 2.45) is 0 Å². The molecule has 7 nitrogen and oxygen atoms in total. The Morgan fingerprint density at radius 2 is 1.78 bits per heavy atom. The van der Waals surface area contributed by atoms with Gasteiger partial charge in [0.25, 0.3) is 11.1 Å². The molecule has 0 unspecified atom stereocenters. The van der Waals surface area contributed by atoms with Crippen molar-refractivity contribution in [3.05, 3.63) is 63.5 Å². The summed E-state index contributed by atoms with van der Waals surface area (Å²) in [6, 6.07) is 12.6. The van der Waals surface area contributed by atoms with E-state index in [1.165, 1.54) is 0 Å². The Kier molecular flexibility index (Phi) is 8.19. The SMILES string of the molecule is CCOC(=O)CN1C(=O)S/C(=C/c2ccc(OCc3ccc(Cl)cc3)c(OCC)c2)C1=O. The quantitative estimate of drug-likeness (QED) is 0.376. The Morgan fingerprint density at radius 1 is 1.03 bits per heavy atom. The minimum absolute atomic E-state index is 0.178. The average Bonchev–Trinajstić information content (AvgIpc) is 3.02. The van der Waals surface area contributed by atoms with E-state index in [-0.39, 0.29) is 11.5 Å². The maximum atomic E-state index is 12.6. The number of thioether (sulfide) groups is 1. The zero-order valence-corrected chi connectivity index (χ0v) is 19.2. The van der Waals surface area contributed by atoms with E-state index >= 15 is 0 Å². The summed E-state index contributed by atoms with van der Waals surface area (Å²) in [4.78, 5) is 37.5. The van der Waals surface area contributed by atoms with Crippen LogP contribution in [0.15, 0.2) is 47.4 Å². The van der Waals surface area contributed by atoms with Gasteiger partial charge in [0.1, 0.15) is 13.2 Å². The summed E-state index contributed by atoms with van der Waals surface area (Å²) in [5.74, 6) is -0.0960. The highest BCUT2D eigenvalue weighted by molar-refractivity contribution is 8.18. The molecule has 2 aromatic carbocycles. The number of imide groups is 1. The zero-order valence-electron chi connectivity index (χ0n) is 17.6. The van der Waals surface area contributed by atoms with Gasteiger partial charge in [0, 0.05) is 5.02 Å². The number of ether oxygens (including phenoxy) is 3. The van der Waals surface area contributed by atoms with Crippen molar-refractivity contribution >= 4 is 46.6 Å². The second-order valence-electron chi connectivity index (χ2n) is 6.63. The van der Waals surface area contributed by atoms with Gasteiger partial charge < -0.3 is 14.2 Å². The highest BCUT2D eigenvalue weighted by Gasteiger charge is 2.36. The molecule has 0 aromatic heterocycles. The first-order valence-corrected chi connectivity index (χ1v) is 11.2. The van der Waals surface area contributed by atoms with Crippen LogP contribution in [-0.2, 0) is 20.9 Å². The fourth-order valence-electron chi connectivity index (χ4n) is 2.87. The lowest BCUT2D eigenvalue weighted by Gasteiger charge is -2.13. The zero-order chi connectivity index (χ0) is 23.1. The van der Waals surface area contributed by atoms with Gasteiger partial charge in [-0.05, 0) is 67.1 Å². The summed E-state index contributed by atoms with van der Waals surface area (Å²) in [6.07, 6.45) is 1.58. The molecule has 0 spiro atoms. The van der Waals surface area contributed by atoms with Crippen molar-refractivity contribution in [3.8, 4) is 11.5 Å². The summed E-state index contributed by atoms with van der Waals surface area (Å²) in [6.45, 7) is 4.05. The van der Waals surface area contributed by atoms with E-state index in [1.54, 1.807) is 43.3 Å². The fraction of sp³-hybridized carbons (Fsp3) is 0.261. The van der Waals surface area contributed by atoms with Crippen LogP contribution in [0.5, 0.6) is 11.5 Å². The first-order valence-electron chi connectivity index (χ1n) is 9.96. The van der Waals surface area contributed by atoms with Gasteiger partial charge in [0.05, 0.1) is 18.1 Å². The number of hydrogen-bond acceptors (Lipinski definition) is 7. The summed E-state index contributed by atoms with van der Waals surface area (Å²) in [5.41, 5.74) is 1.62. The van der Waals surface area contributed by atoms with Gasteiger partial charge >= 0.3 is 5.97 Å². The number of nitrogens with zero attached hydrogens (tertiary/aromatic N) is 1. The van der Waals surface area contributed by atoms with Gasteiger partial charge in [-0.25, -0.2) is 0 Å². The van der Waals surface area contributed by atoms with Crippen molar-refractivity contribution in [3.63, 3.8) is 0 Å². The van der Waals surface area contributed by atoms with Crippen molar-refractivity contribution in [1.29, 1.82) is 0 Å². The number of hydrogen-bond donors (Lipinski definition) is 0. The molecule has 1 aliphatic heterocycles. The molecule has 1 heterocycles. The molecule has 0 radical (unpaired) electrons. The number of halogens is 1. The van der Waals surface area contributed by atoms with Gasteiger partial charge in [-0.1, -0.05) is 29.8 Å². The number of rotatable bonds is 9. The van der Waals surface area contributed by atoms with E-state index in [0.29, 0.717) is 35.3 Å². The standard InChI is InChI=1S/C23H22ClNO6S/c1-3-29-19-11-16(7-10-18(19)31-14-15-5-8-17(24)9-6-15)12-20-22(27)25(23(28)32-20)13-21(26)30-4-2/h5-12H,3-4,13-14H2,1-2H3/b20-12+. The maximum absolute atomic E-state index is 12.6. The summed E-state index contributed by atoms with van der Waals surface area (Å²) in [5, 5.41) is 0.141. The van der Waals surface area contributed by atoms with E-state index in [0.717, 1.165) is 22.2 Å². The third-order valence-corrected chi connectivity index (χ3v) is 5.50. The first kappa shape index (κ1) is 23.7.